The molecular formula is C41H34N5O5S2+. The molecule has 53 heavy (non-hydrogen) atoms. The number of amides is 2. The predicted octanol–water partition coefficient (Wildman–Crippen LogP) is 8.26. The molecule has 12 heteroatoms. The van der Waals surface area contributed by atoms with E-state index in [1.165, 1.54) is 16.7 Å². The molecule has 0 atom stereocenters. The quantitative estimate of drug-likeness (QED) is 0.0659. The second-order valence-electron chi connectivity index (χ2n) is 12.8. The van der Waals surface area contributed by atoms with Gasteiger partial charge in [-0.15, -0.1) is 27.7 Å². The Kier molecular flexibility index (Phi) is 9.95. The van der Waals surface area contributed by atoms with E-state index in [1.807, 2.05) is 24.5 Å². The van der Waals surface area contributed by atoms with Gasteiger partial charge in [0, 0.05) is 53.1 Å². The molecule has 0 aliphatic carbocycles. The SMILES string of the molecule is O=C(CCCC[n+]1ccc(CCc2nc(-c3ccc(-c4ccc(-c5ccccc5)cc4)s3)c3nonc3c2-c2cccs2)cc1)ON1C(=O)CCC1=O. The fourth-order valence-corrected chi connectivity index (χ4v) is 8.23. The molecule has 8 rings (SSSR count). The van der Waals surface area contributed by atoms with Gasteiger partial charge in [0.15, 0.2) is 17.9 Å². The van der Waals surface area contributed by atoms with Gasteiger partial charge in [0.1, 0.15) is 17.8 Å². The summed E-state index contributed by atoms with van der Waals surface area (Å²) in [6, 6.07) is 31.6. The normalized spacial score (nSPS) is 12.9. The highest BCUT2D eigenvalue weighted by molar-refractivity contribution is 7.18. The Hall–Kier alpha value is -5.85. The van der Waals surface area contributed by atoms with Crippen molar-refractivity contribution >= 4 is 51.5 Å². The number of fused-ring (bicyclic) bond motifs is 1. The van der Waals surface area contributed by atoms with Gasteiger partial charge < -0.3 is 4.84 Å². The highest BCUT2D eigenvalue weighted by atomic mass is 32.1. The van der Waals surface area contributed by atoms with Gasteiger partial charge in [-0.05, 0) is 75.4 Å². The van der Waals surface area contributed by atoms with Gasteiger partial charge in [-0.2, -0.15) is 0 Å². The Morgan fingerprint density at radius 2 is 1.47 bits per heavy atom. The lowest BCUT2D eigenvalue weighted by molar-refractivity contribution is -0.697. The van der Waals surface area contributed by atoms with Crippen LogP contribution in [0.4, 0.5) is 0 Å². The van der Waals surface area contributed by atoms with Crippen LogP contribution < -0.4 is 4.57 Å². The summed E-state index contributed by atoms with van der Waals surface area (Å²) in [7, 11) is 0. The van der Waals surface area contributed by atoms with Crippen molar-refractivity contribution in [1.29, 1.82) is 0 Å². The van der Waals surface area contributed by atoms with Gasteiger partial charge >= 0.3 is 5.97 Å². The van der Waals surface area contributed by atoms with Crippen LogP contribution in [0.5, 0.6) is 0 Å². The Labute approximate surface area is 313 Å². The van der Waals surface area contributed by atoms with Crippen molar-refractivity contribution in [3.8, 4) is 42.6 Å². The minimum Gasteiger partial charge on any atom is -0.330 e. The summed E-state index contributed by atoms with van der Waals surface area (Å²) in [4.78, 5) is 48.9. The smallest absolute Gasteiger partial charge is 0.330 e. The third kappa shape index (κ3) is 7.55. The topological polar surface area (TPSA) is 119 Å². The molecule has 2 aromatic carbocycles. The van der Waals surface area contributed by atoms with Gasteiger partial charge in [0.25, 0.3) is 11.8 Å². The van der Waals surface area contributed by atoms with E-state index in [-0.39, 0.29) is 19.3 Å². The summed E-state index contributed by atoms with van der Waals surface area (Å²) in [6.45, 7) is 0.721. The first-order valence-corrected chi connectivity index (χ1v) is 19.2. The van der Waals surface area contributed by atoms with Crippen LogP contribution in [0.3, 0.4) is 0 Å². The standard InChI is InChI=1S/C41H34N5O5S2/c47-35-19-20-36(48)46(35)50-37(49)10-4-5-23-45-24-21-27(22-25-45)11-16-31-38(33-9-6-26-52-33)40-41(44-51-43-40)39(42-31)34-18-17-32(53-34)30-14-12-29(13-15-30)28-7-2-1-3-8-28/h1-3,6-9,12-15,17-18,21-22,24-26H,4-5,10-11,16,19-20,23H2/q+1. The zero-order chi connectivity index (χ0) is 36.1. The average molecular weight is 741 g/mol. The molecule has 1 saturated heterocycles. The van der Waals surface area contributed by atoms with Crippen LogP contribution in [0.1, 0.15) is 43.4 Å². The molecule has 264 valence electrons. The van der Waals surface area contributed by atoms with E-state index in [2.05, 4.69) is 99.1 Å². The molecule has 2 amide bonds. The second-order valence-corrected chi connectivity index (χ2v) is 14.8. The van der Waals surface area contributed by atoms with E-state index in [0.29, 0.717) is 28.9 Å². The summed E-state index contributed by atoms with van der Waals surface area (Å²) >= 11 is 3.32. The number of imide groups is 1. The number of hydrogen-bond acceptors (Lipinski definition) is 10. The van der Waals surface area contributed by atoms with Crippen molar-refractivity contribution in [2.24, 2.45) is 0 Å². The van der Waals surface area contributed by atoms with Gasteiger partial charge in [-0.3, -0.25) is 9.59 Å². The Morgan fingerprint density at radius 1 is 0.755 bits per heavy atom. The van der Waals surface area contributed by atoms with E-state index in [0.717, 1.165) is 56.5 Å². The zero-order valence-corrected chi connectivity index (χ0v) is 30.3. The molecule has 1 fully saturated rings. The lowest BCUT2D eigenvalue weighted by Crippen LogP contribution is -2.33. The maximum atomic E-state index is 12.1. The maximum absolute atomic E-state index is 12.1. The number of hydroxylamine groups is 2. The molecule has 0 spiro atoms. The number of unbranched alkanes of at least 4 members (excludes halogenated alkanes) is 1. The van der Waals surface area contributed by atoms with Crippen molar-refractivity contribution in [3.63, 3.8) is 0 Å². The molecule has 0 N–H and O–H groups in total. The summed E-state index contributed by atoms with van der Waals surface area (Å²) in [5.74, 6) is -1.50. The monoisotopic (exact) mass is 740 g/mol. The number of aryl methyl sites for hydroxylation is 3. The van der Waals surface area contributed by atoms with Crippen molar-refractivity contribution < 1.29 is 28.4 Å². The predicted molar refractivity (Wildman–Crippen MR) is 202 cm³/mol. The molecule has 5 aromatic heterocycles. The molecule has 1 aliphatic heterocycles. The third-order valence-electron chi connectivity index (χ3n) is 9.23. The van der Waals surface area contributed by atoms with Crippen LogP contribution in [0, 0.1) is 0 Å². The third-order valence-corrected chi connectivity index (χ3v) is 11.3. The minimum absolute atomic E-state index is 0.0858. The van der Waals surface area contributed by atoms with Gasteiger partial charge in [0.05, 0.1) is 10.6 Å². The first-order chi connectivity index (χ1) is 26.0. The van der Waals surface area contributed by atoms with Crippen LogP contribution in [0.15, 0.2) is 113 Å². The second kappa shape index (κ2) is 15.4. The fraction of sp³-hybridized carbons (Fsp3) is 0.195. The van der Waals surface area contributed by atoms with Crippen LogP contribution in [-0.4, -0.2) is 38.1 Å². The van der Waals surface area contributed by atoms with Crippen LogP contribution in [-0.2, 0) is 38.6 Å². The number of nitrogens with zero attached hydrogens (tertiary/aromatic N) is 5. The van der Waals surface area contributed by atoms with Crippen LogP contribution in [0.25, 0.3) is 53.6 Å². The Balaban J connectivity index is 0.959. The molecule has 0 saturated carbocycles. The summed E-state index contributed by atoms with van der Waals surface area (Å²) in [5, 5.41) is 11.4. The number of carbonyl (C=O) groups excluding carboxylic acids is 3. The van der Waals surface area contributed by atoms with E-state index >= 15 is 0 Å². The maximum Gasteiger partial charge on any atom is 0.333 e. The van der Waals surface area contributed by atoms with Crippen LogP contribution in [0.2, 0.25) is 0 Å². The number of carbonyl (C=O) groups is 3. The Bertz CT molecular complexity index is 2370. The highest BCUT2D eigenvalue weighted by Gasteiger charge is 2.32. The molecule has 10 nitrogen and oxygen atoms in total. The Morgan fingerprint density at radius 3 is 2.23 bits per heavy atom. The average Bonchev–Trinajstić information content (AvgIpc) is 4.04. The van der Waals surface area contributed by atoms with E-state index < -0.39 is 17.8 Å². The lowest BCUT2D eigenvalue weighted by Gasteiger charge is -2.12. The van der Waals surface area contributed by atoms with Crippen molar-refractivity contribution in [2.45, 2.75) is 51.5 Å². The summed E-state index contributed by atoms with van der Waals surface area (Å²) < 4.78 is 7.42. The zero-order valence-electron chi connectivity index (χ0n) is 28.6. The van der Waals surface area contributed by atoms with Crippen molar-refractivity contribution in [1.82, 2.24) is 20.4 Å². The van der Waals surface area contributed by atoms with Crippen molar-refractivity contribution in [3.05, 3.63) is 120 Å². The van der Waals surface area contributed by atoms with E-state index in [9.17, 15) is 14.4 Å². The molecule has 7 aromatic rings. The number of aromatic nitrogens is 4. The highest BCUT2D eigenvalue weighted by Crippen LogP contribution is 2.41. The van der Waals surface area contributed by atoms with Gasteiger partial charge in [-0.25, -0.2) is 19.0 Å². The molecule has 0 bridgehead atoms. The number of pyridine rings is 2. The lowest BCUT2D eigenvalue weighted by atomic mass is 10.0. The molecule has 1 aliphatic rings. The van der Waals surface area contributed by atoms with Crippen molar-refractivity contribution in [2.75, 3.05) is 0 Å². The first-order valence-electron chi connectivity index (χ1n) is 17.5. The number of benzene rings is 2. The summed E-state index contributed by atoms with van der Waals surface area (Å²) in [6.07, 6.45) is 7.17. The van der Waals surface area contributed by atoms with E-state index in [1.54, 1.807) is 22.7 Å². The number of thiophene rings is 2. The molecular weight excluding hydrogens is 707 g/mol. The summed E-state index contributed by atoms with van der Waals surface area (Å²) in [5.41, 5.74) is 8.70. The molecule has 6 heterocycles. The fourth-order valence-electron chi connectivity index (χ4n) is 6.43. The number of rotatable bonds is 13. The first kappa shape index (κ1) is 34.2. The molecule has 0 radical (unpaired) electrons. The number of hydrogen-bond donors (Lipinski definition) is 0. The largest absolute Gasteiger partial charge is 0.333 e. The van der Waals surface area contributed by atoms with E-state index in [4.69, 9.17) is 14.5 Å². The van der Waals surface area contributed by atoms with Gasteiger partial charge in [-0.1, -0.05) is 60.7 Å². The minimum atomic E-state index is -0.569. The molecule has 0 unspecified atom stereocenters. The van der Waals surface area contributed by atoms with Crippen LogP contribution >= 0.6 is 22.7 Å². The van der Waals surface area contributed by atoms with Gasteiger partial charge in [0.2, 0.25) is 0 Å².